The summed E-state index contributed by atoms with van der Waals surface area (Å²) in [5, 5.41) is 2.28. The van der Waals surface area contributed by atoms with Gasteiger partial charge in [-0.05, 0) is 96.8 Å². The minimum Gasteiger partial charge on any atom is -0.509 e. The third-order valence-electron chi connectivity index (χ3n) is 12.3. The van der Waals surface area contributed by atoms with Crippen molar-refractivity contribution in [1.29, 1.82) is 0 Å². The molecule has 7 aromatic rings. The van der Waals surface area contributed by atoms with Crippen molar-refractivity contribution in [3.05, 3.63) is 168 Å². The van der Waals surface area contributed by atoms with Gasteiger partial charge in [-0.1, -0.05) is 158 Å². The Labute approximate surface area is 397 Å². The number of hydrogen-bond donors (Lipinski definition) is 0. The summed E-state index contributed by atoms with van der Waals surface area (Å²) in [4.78, 5) is 9.46. The summed E-state index contributed by atoms with van der Waals surface area (Å²) in [5.41, 5.74) is 12.2. The maximum absolute atomic E-state index is 6.91. The van der Waals surface area contributed by atoms with Gasteiger partial charge < -0.3 is 19.1 Å². The van der Waals surface area contributed by atoms with Crippen LogP contribution in [0.3, 0.4) is 0 Å². The molecule has 2 aromatic heterocycles. The molecule has 336 valence electrons. The summed E-state index contributed by atoms with van der Waals surface area (Å²) < 4.78 is 9.15. The number of aromatic nitrogens is 2. The van der Waals surface area contributed by atoms with E-state index in [2.05, 4.69) is 240 Å². The largest absolute Gasteiger partial charge is 0.509 e. The number of rotatable bonds is 6. The molecule has 0 fully saturated rings. The van der Waals surface area contributed by atoms with Crippen molar-refractivity contribution in [3.63, 3.8) is 0 Å². The summed E-state index contributed by atoms with van der Waals surface area (Å²) in [6.07, 6.45) is 4.17. The number of anilines is 2. The van der Waals surface area contributed by atoms with Crippen LogP contribution in [0.25, 0.3) is 33.3 Å². The van der Waals surface area contributed by atoms with Gasteiger partial charge in [0.2, 0.25) is 0 Å². The third kappa shape index (κ3) is 9.48. The molecule has 5 nitrogen and oxygen atoms in total. The SMILES string of the molecule is CC(C)(C)c1cc(Oc2[c-]c3c(cc2)c2cc(C(C)(C)C)ccc2n3-c2cc(C(C)(C)C)ccn2)[c-]c(N2[CH-]N(c3cc(C(C)(C)C)cc(C(C)(C)C)c3)C=C2c2ccccc2)c1.[Pt]. The first-order valence-corrected chi connectivity index (χ1v) is 22.4. The van der Waals surface area contributed by atoms with Gasteiger partial charge in [-0.25, -0.2) is 4.98 Å². The van der Waals surface area contributed by atoms with Gasteiger partial charge in [0.25, 0.3) is 0 Å². The molecule has 3 heterocycles. The molecule has 1 aliphatic heterocycles. The average molecular weight is 1030 g/mol. The molecule has 0 amide bonds. The molecule has 6 heteroatoms. The number of hydrogen-bond acceptors (Lipinski definition) is 4. The van der Waals surface area contributed by atoms with Gasteiger partial charge in [-0.15, -0.1) is 53.6 Å². The molecule has 0 atom stereocenters. The Kier molecular flexibility index (Phi) is 12.2. The summed E-state index contributed by atoms with van der Waals surface area (Å²) in [7, 11) is 0. The van der Waals surface area contributed by atoms with Crippen LogP contribution in [0.5, 0.6) is 11.5 Å². The van der Waals surface area contributed by atoms with E-state index in [1.165, 1.54) is 27.6 Å². The number of fused-ring (bicyclic) bond motifs is 3. The van der Waals surface area contributed by atoms with Gasteiger partial charge in [-0.3, -0.25) is 0 Å². The van der Waals surface area contributed by atoms with Crippen LogP contribution < -0.4 is 14.5 Å². The van der Waals surface area contributed by atoms with Crippen LogP contribution in [0.2, 0.25) is 0 Å². The van der Waals surface area contributed by atoms with Crippen molar-refractivity contribution in [2.75, 3.05) is 9.80 Å². The molecule has 0 radical (unpaired) electrons. The Bertz CT molecular complexity index is 2840. The Morgan fingerprint density at radius 3 is 1.73 bits per heavy atom. The Hall–Kier alpha value is -5.12. The second kappa shape index (κ2) is 16.7. The Balaban J connectivity index is 0.00000612. The van der Waals surface area contributed by atoms with E-state index in [1.807, 2.05) is 12.3 Å². The van der Waals surface area contributed by atoms with E-state index in [1.54, 1.807) is 0 Å². The molecule has 5 aromatic carbocycles. The minimum absolute atomic E-state index is 0. The van der Waals surface area contributed by atoms with E-state index < -0.39 is 0 Å². The van der Waals surface area contributed by atoms with Crippen LogP contribution >= 0.6 is 0 Å². The van der Waals surface area contributed by atoms with Gasteiger partial charge in [0.05, 0.1) is 0 Å². The third-order valence-corrected chi connectivity index (χ3v) is 12.3. The second-order valence-electron chi connectivity index (χ2n) is 22.6. The molecule has 0 N–H and O–H groups in total. The molecule has 0 aliphatic carbocycles. The van der Waals surface area contributed by atoms with E-state index in [0.717, 1.165) is 50.4 Å². The number of benzene rings is 5. The molecule has 0 spiro atoms. The van der Waals surface area contributed by atoms with E-state index in [-0.39, 0.29) is 48.1 Å². The minimum atomic E-state index is -0.171. The zero-order valence-corrected chi connectivity index (χ0v) is 42.8. The molecular weight excluding hydrogens is 964 g/mol. The van der Waals surface area contributed by atoms with Crippen LogP contribution in [-0.2, 0) is 48.1 Å². The van der Waals surface area contributed by atoms with Crippen molar-refractivity contribution < 1.29 is 25.8 Å². The van der Waals surface area contributed by atoms with Gasteiger partial charge in [0, 0.05) is 55.7 Å². The van der Waals surface area contributed by atoms with E-state index in [0.29, 0.717) is 11.5 Å². The van der Waals surface area contributed by atoms with Crippen molar-refractivity contribution in [3.8, 4) is 17.3 Å². The van der Waals surface area contributed by atoms with Gasteiger partial charge in [0.15, 0.2) is 0 Å². The standard InChI is InChI=1S/C58H65N4O.Pt/c1-54(2,3)39-21-24-50-49(32-39)48-23-22-46(35-51(48)62(50)53-33-40(25-26-59-53)55(4,5)6)63-47-31-43(58(13,14)15)30-45(34-47)61-37-60(36-52(61)38-19-17-16-18-20-38)44-28-41(56(7,8)9)27-42(29-44)57(10,11)12;/h16-33,36-37H,1-15H3;/q-3;. The van der Waals surface area contributed by atoms with Crippen LogP contribution in [-0.4, -0.2) is 9.55 Å². The summed E-state index contributed by atoms with van der Waals surface area (Å²) >= 11 is 0. The van der Waals surface area contributed by atoms with Crippen molar-refractivity contribution in [1.82, 2.24) is 9.55 Å². The van der Waals surface area contributed by atoms with E-state index in [4.69, 9.17) is 9.72 Å². The zero-order chi connectivity index (χ0) is 45.4. The van der Waals surface area contributed by atoms with Crippen molar-refractivity contribution in [2.24, 2.45) is 0 Å². The monoisotopic (exact) mass is 1030 g/mol. The molecule has 0 unspecified atom stereocenters. The fourth-order valence-corrected chi connectivity index (χ4v) is 8.16. The normalized spacial score (nSPS) is 14.0. The number of pyridine rings is 1. The topological polar surface area (TPSA) is 33.5 Å². The summed E-state index contributed by atoms with van der Waals surface area (Å²) in [6.45, 7) is 36.2. The predicted molar refractivity (Wildman–Crippen MR) is 266 cm³/mol. The predicted octanol–water partition coefficient (Wildman–Crippen LogP) is 15.5. The number of ether oxygens (including phenoxy) is 1. The quantitative estimate of drug-likeness (QED) is 0.155. The first-order chi connectivity index (χ1) is 29.3. The molecule has 0 bridgehead atoms. The number of nitrogens with zero attached hydrogens (tertiary/aromatic N) is 4. The molecule has 64 heavy (non-hydrogen) atoms. The van der Waals surface area contributed by atoms with E-state index in [9.17, 15) is 0 Å². The van der Waals surface area contributed by atoms with Crippen LogP contribution in [0, 0.1) is 18.8 Å². The van der Waals surface area contributed by atoms with Crippen LogP contribution in [0.15, 0.2) is 116 Å². The van der Waals surface area contributed by atoms with Gasteiger partial charge in [-0.2, -0.15) is 6.07 Å². The first-order valence-electron chi connectivity index (χ1n) is 22.4. The van der Waals surface area contributed by atoms with Gasteiger partial charge in [0.1, 0.15) is 5.82 Å². The Morgan fingerprint density at radius 1 is 0.531 bits per heavy atom. The summed E-state index contributed by atoms with van der Waals surface area (Å²) in [6, 6.07) is 44.9. The van der Waals surface area contributed by atoms with Crippen LogP contribution in [0.4, 0.5) is 11.4 Å². The van der Waals surface area contributed by atoms with Crippen molar-refractivity contribution >= 4 is 38.9 Å². The maximum Gasteiger partial charge on any atom is 0.135 e. The van der Waals surface area contributed by atoms with Crippen molar-refractivity contribution in [2.45, 2.75) is 131 Å². The van der Waals surface area contributed by atoms with Crippen LogP contribution in [0.1, 0.15) is 137 Å². The smallest absolute Gasteiger partial charge is 0.135 e. The second-order valence-corrected chi connectivity index (χ2v) is 22.6. The fraction of sp³-hybridized carbons (Fsp3) is 0.345. The first kappa shape index (κ1) is 46.9. The fourth-order valence-electron chi connectivity index (χ4n) is 8.16. The van der Waals surface area contributed by atoms with Gasteiger partial charge >= 0.3 is 0 Å². The maximum atomic E-state index is 6.91. The zero-order valence-electron chi connectivity index (χ0n) is 40.6. The molecular formula is C58H65N4OPt-3. The molecule has 0 saturated heterocycles. The molecule has 8 rings (SSSR count). The molecule has 0 saturated carbocycles. The molecule has 1 aliphatic rings. The Morgan fingerprint density at radius 2 is 1.12 bits per heavy atom. The summed E-state index contributed by atoms with van der Waals surface area (Å²) in [5.74, 6) is 2.10. The average Bonchev–Trinajstić information content (AvgIpc) is 3.79. The van der Waals surface area contributed by atoms with E-state index >= 15 is 0 Å².